The standard InChI is InChI=1S/C35H32ClO2P/c1-2-38-29(25-33-28-15-13-12-14-27(24-28)22-23-34(36)35(33)37)26-39(30-16-6-3-7-17-30,31-18-8-4-9-19-31)32-20-10-5-11-21-32/h3-23,26,33H,2,24-25H2,1H3/p+1/b23-22-,29-26+,35-34-. The molecule has 196 valence electrons. The molecule has 3 aromatic carbocycles. The molecule has 4 heteroatoms. The Morgan fingerprint density at radius 1 is 0.846 bits per heavy atom. The molecule has 5 rings (SSSR count). The van der Waals surface area contributed by atoms with Crippen molar-refractivity contribution in [2.45, 2.75) is 19.8 Å². The minimum Gasteiger partial charge on any atom is -0.510 e. The molecule has 0 heterocycles. The van der Waals surface area contributed by atoms with Crippen LogP contribution in [0, 0.1) is 5.92 Å². The number of halogens is 1. The topological polar surface area (TPSA) is 29.5 Å². The second-order valence-corrected chi connectivity index (χ2v) is 13.3. The van der Waals surface area contributed by atoms with Crippen molar-refractivity contribution in [1.82, 2.24) is 0 Å². The van der Waals surface area contributed by atoms with Crippen LogP contribution in [-0.4, -0.2) is 11.7 Å². The number of rotatable bonds is 8. The summed E-state index contributed by atoms with van der Waals surface area (Å²) in [6.45, 7) is 2.54. The fourth-order valence-corrected chi connectivity index (χ4v) is 9.39. The van der Waals surface area contributed by atoms with Gasteiger partial charge in [0.25, 0.3) is 0 Å². The SMILES string of the molecule is CCO/C(=C/[P+](c1ccccc1)(c1ccccc1)c1ccccc1)CC1C2=CC=CC=C(/C=C\C(Cl)=C/1O)C2. The van der Waals surface area contributed by atoms with Crippen LogP contribution in [0.2, 0.25) is 0 Å². The predicted octanol–water partition coefficient (Wildman–Crippen LogP) is 8.26. The van der Waals surface area contributed by atoms with E-state index in [4.69, 9.17) is 16.3 Å². The molecular formula is C35H33ClO2P+. The van der Waals surface area contributed by atoms with Crippen LogP contribution in [0.25, 0.3) is 0 Å². The zero-order valence-corrected chi connectivity index (χ0v) is 23.7. The summed E-state index contributed by atoms with van der Waals surface area (Å²) in [7, 11) is -2.27. The lowest BCUT2D eigenvalue weighted by Gasteiger charge is -2.27. The van der Waals surface area contributed by atoms with E-state index in [0.717, 1.165) is 23.3 Å². The highest BCUT2D eigenvalue weighted by Gasteiger charge is 2.45. The van der Waals surface area contributed by atoms with Gasteiger partial charge in [-0.25, -0.2) is 0 Å². The molecular weight excluding hydrogens is 519 g/mol. The predicted molar refractivity (Wildman–Crippen MR) is 168 cm³/mol. The largest absolute Gasteiger partial charge is 0.510 e. The third kappa shape index (κ3) is 5.88. The maximum absolute atomic E-state index is 11.4. The lowest BCUT2D eigenvalue weighted by molar-refractivity contribution is 0.206. The van der Waals surface area contributed by atoms with Crippen LogP contribution < -0.4 is 15.9 Å². The van der Waals surface area contributed by atoms with E-state index < -0.39 is 7.26 Å². The Bertz CT molecular complexity index is 1370. The van der Waals surface area contributed by atoms with Crippen molar-refractivity contribution < 1.29 is 9.84 Å². The molecule has 0 spiro atoms. The summed E-state index contributed by atoms with van der Waals surface area (Å²) in [4.78, 5) is 0. The molecule has 0 saturated heterocycles. The first kappa shape index (κ1) is 27.0. The van der Waals surface area contributed by atoms with Crippen molar-refractivity contribution >= 4 is 34.8 Å². The van der Waals surface area contributed by atoms with Gasteiger partial charge in [-0.1, -0.05) is 102 Å². The summed E-state index contributed by atoms with van der Waals surface area (Å²) in [5.74, 6) is 3.10. The monoisotopic (exact) mass is 551 g/mol. The fraction of sp³-hybridized carbons (Fsp3) is 0.143. The summed E-state index contributed by atoms with van der Waals surface area (Å²) in [5.41, 5.74) is 2.27. The van der Waals surface area contributed by atoms with Crippen molar-refractivity contribution in [3.8, 4) is 0 Å². The van der Waals surface area contributed by atoms with Gasteiger partial charge < -0.3 is 9.84 Å². The summed E-state index contributed by atoms with van der Waals surface area (Å²) < 4.78 is 6.42. The molecule has 2 nitrogen and oxygen atoms in total. The highest BCUT2D eigenvalue weighted by molar-refractivity contribution is 7.98. The Kier molecular flexibility index (Phi) is 8.67. The summed E-state index contributed by atoms with van der Waals surface area (Å²) in [5, 5.41) is 15.5. The highest BCUT2D eigenvalue weighted by atomic mass is 35.5. The van der Waals surface area contributed by atoms with Gasteiger partial charge in [-0.05, 0) is 61.4 Å². The van der Waals surface area contributed by atoms with E-state index in [2.05, 4.69) is 109 Å². The minimum absolute atomic E-state index is 0.183. The maximum Gasteiger partial charge on any atom is 0.140 e. The first-order valence-electron chi connectivity index (χ1n) is 13.3. The van der Waals surface area contributed by atoms with Crippen LogP contribution in [0.4, 0.5) is 0 Å². The Labute approximate surface area is 237 Å². The first-order chi connectivity index (χ1) is 19.1. The number of aliphatic hydroxyl groups excluding tert-OH is 1. The quantitative estimate of drug-likeness (QED) is 0.225. The second-order valence-electron chi connectivity index (χ2n) is 9.63. The number of benzene rings is 3. The smallest absolute Gasteiger partial charge is 0.140 e. The lowest BCUT2D eigenvalue weighted by Crippen LogP contribution is -2.30. The van der Waals surface area contributed by atoms with E-state index in [1.807, 2.05) is 25.2 Å². The second kappa shape index (κ2) is 12.5. The van der Waals surface area contributed by atoms with Crippen LogP contribution in [-0.2, 0) is 4.74 Å². The highest BCUT2D eigenvalue weighted by Crippen LogP contribution is 2.58. The lowest BCUT2D eigenvalue weighted by atomic mass is 9.86. The van der Waals surface area contributed by atoms with Crippen molar-refractivity contribution in [3.05, 3.63) is 161 Å². The number of allylic oxidation sites excluding steroid dienone is 10. The maximum atomic E-state index is 11.4. The molecule has 0 aliphatic heterocycles. The van der Waals surface area contributed by atoms with Gasteiger partial charge in [0.2, 0.25) is 0 Å². The molecule has 0 radical (unpaired) electrons. The molecule has 2 aliphatic rings. The van der Waals surface area contributed by atoms with Crippen molar-refractivity contribution in [3.63, 3.8) is 0 Å². The summed E-state index contributed by atoms with van der Waals surface area (Å²) in [6.07, 6.45) is 13.3. The molecule has 2 aliphatic carbocycles. The molecule has 0 fully saturated rings. The van der Waals surface area contributed by atoms with E-state index in [1.165, 1.54) is 15.9 Å². The average molecular weight is 552 g/mol. The van der Waals surface area contributed by atoms with E-state index >= 15 is 0 Å². The zero-order valence-electron chi connectivity index (χ0n) is 22.1. The van der Waals surface area contributed by atoms with Crippen LogP contribution >= 0.6 is 18.9 Å². The third-order valence-electron chi connectivity index (χ3n) is 7.17. The van der Waals surface area contributed by atoms with Gasteiger partial charge in [0.05, 0.1) is 11.6 Å². The number of hydrogen-bond donors (Lipinski definition) is 1. The van der Waals surface area contributed by atoms with Crippen LogP contribution in [0.5, 0.6) is 0 Å². The molecule has 0 amide bonds. The van der Waals surface area contributed by atoms with Crippen LogP contribution in [0.15, 0.2) is 161 Å². The Morgan fingerprint density at radius 3 is 1.92 bits per heavy atom. The zero-order chi connectivity index (χ0) is 27.1. The van der Waals surface area contributed by atoms with Crippen molar-refractivity contribution in [2.24, 2.45) is 5.92 Å². The number of hydrogen-bond acceptors (Lipinski definition) is 2. The van der Waals surface area contributed by atoms with Crippen molar-refractivity contribution in [1.29, 1.82) is 0 Å². The molecule has 1 unspecified atom stereocenters. The van der Waals surface area contributed by atoms with Gasteiger partial charge in [0.1, 0.15) is 40.5 Å². The molecule has 3 aromatic rings. The Hall–Kier alpha value is -3.58. The van der Waals surface area contributed by atoms with Crippen LogP contribution in [0.1, 0.15) is 19.8 Å². The summed E-state index contributed by atoms with van der Waals surface area (Å²) in [6, 6.07) is 32.2. The Morgan fingerprint density at radius 2 is 1.38 bits per heavy atom. The van der Waals surface area contributed by atoms with E-state index in [1.54, 1.807) is 6.08 Å². The van der Waals surface area contributed by atoms with Crippen molar-refractivity contribution in [2.75, 3.05) is 6.61 Å². The molecule has 1 atom stereocenters. The summed E-state index contributed by atoms with van der Waals surface area (Å²) >= 11 is 6.60. The first-order valence-corrected chi connectivity index (χ1v) is 15.6. The average Bonchev–Trinajstić information content (AvgIpc) is 3.24. The third-order valence-corrected chi connectivity index (χ3v) is 11.5. The molecule has 39 heavy (non-hydrogen) atoms. The van der Waals surface area contributed by atoms with Gasteiger partial charge in [-0.15, -0.1) is 0 Å². The molecule has 0 aromatic heterocycles. The van der Waals surface area contributed by atoms with Gasteiger partial charge in [-0.2, -0.15) is 0 Å². The van der Waals surface area contributed by atoms with Gasteiger partial charge in [0, 0.05) is 12.3 Å². The number of aliphatic hydroxyl groups is 1. The minimum atomic E-state index is -2.27. The normalized spacial score (nSPS) is 20.3. The molecule has 2 bridgehead atoms. The van der Waals surface area contributed by atoms with Gasteiger partial charge >= 0.3 is 0 Å². The fourth-order valence-electron chi connectivity index (χ4n) is 5.31. The van der Waals surface area contributed by atoms with Gasteiger partial charge in [-0.3, -0.25) is 0 Å². The number of ether oxygens (including phenoxy) is 1. The molecule has 1 N–H and O–H groups in total. The molecule has 0 saturated carbocycles. The van der Waals surface area contributed by atoms with E-state index in [9.17, 15) is 5.11 Å². The van der Waals surface area contributed by atoms with Gasteiger partial charge in [0.15, 0.2) is 0 Å². The van der Waals surface area contributed by atoms with E-state index in [-0.39, 0.29) is 11.7 Å². The Balaban J connectivity index is 1.72. The number of fused-ring (bicyclic) bond motifs is 2. The van der Waals surface area contributed by atoms with E-state index in [0.29, 0.717) is 18.1 Å². The van der Waals surface area contributed by atoms with Crippen LogP contribution in [0.3, 0.4) is 0 Å².